The number of nitrogens with zero attached hydrogens (tertiary/aromatic N) is 2. The minimum Gasteiger partial charge on any atom is -0.497 e. The van der Waals surface area contributed by atoms with E-state index in [0.717, 1.165) is 12.5 Å². The molecule has 0 bridgehead atoms. The lowest BCUT2D eigenvalue weighted by Crippen LogP contribution is -2.18. The van der Waals surface area contributed by atoms with Gasteiger partial charge in [-0.2, -0.15) is 18.2 Å². The molecule has 2 aromatic rings. The van der Waals surface area contributed by atoms with Crippen LogP contribution in [0, 0.1) is 0 Å². The number of benzene rings is 1. The van der Waals surface area contributed by atoms with Crippen molar-refractivity contribution in [1.29, 1.82) is 0 Å². The van der Waals surface area contributed by atoms with Crippen LogP contribution in [0.5, 0.6) is 11.5 Å². The third-order valence-electron chi connectivity index (χ3n) is 3.63. The average molecular weight is 370 g/mol. The lowest BCUT2D eigenvalue weighted by molar-refractivity contribution is -0.141. The molecule has 6 nitrogen and oxygen atoms in total. The molecule has 0 amide bonds. The van der Waals surface area contributed by atoms with E-state index < -0.39 is 11.9 Å². The van der Waals surface area contributed by atoms with Crippen LogP contribution in [0.4, 0.5) is 30.6 Å². The fourth-order valence-corrected chi connectivity index (χ4v) is 2.07. The number of methoxy groups -OCH3 is 2. The molecule has 1 aromatic carbocycles. The molecule has 0 aliphatic heterocycles. The van der Waals surface area contributed by atoms with Gasteiger partial charge in [-0.25, -0.2) is 4.98 Å². The highest BCUT2D eigenvalue weighted by Crippen LogP contribution is 2.32. The Hall–Kier alpha value is -2.71. The van der Waals surface area contributed by atoms with Gasteiger partial charge in [0.05, 0.1) is 14.2 Å². The molecule has 2 rings (SSSR count). The lowest BCUT2D eigenvalue weighted by Gasteiger charge is -2.16. The van der Waals surface area contributed by atoms with Crippen molar-refractivity contribution in [2.75, 3.05) is 24.9 Å². The third-order valence-corrected chi connectivity index (χ3v) is 3.63. The molecule has 1 atom stereocenters. The number of alkyl halides is 3. The number of halogens is 3. The van der Waals surface area contributed by atoms with Gasteiger partial charge in [0.2, 0.25) is 5.95 Å². The van der Waals surface area contributed by atoms with Crippen LogP contribution >= 0.6 is 0 Å². The molecule has 142 valence electrons. The summed E-state index contributed by atoms with van der Waals surface area (Å²) in [5.41, 5.74) is -0.557. The number of hydrogen-bond donors (Lipinski definition) is 2. The van der Waals surface area contributed by atoms with Crippen LogP contribution in [-0.2, 0) is 6.18 Å². The SMILES string of the molecule is CC[C@H](C)Nc1nc(Nc2cc(OC)cc(OC)c2)cc(C(F)(F)F)n1. The highest BCUT2D eigenvalue weighted by Gasteiger charge is 2.34. The van der Waals surface area contributed by atoms with Crippen molar-refractivity contribution in [3.05, 3.63) is 30.0 Å². The molecule has 1 aromatic heterocycles. The van der Waals surface area contributed by atoms with Crippen molar-refractivity contribution in [1.82, 2.24) is 9.97 Å². The van der Waals surface area contributed by atoms with Gasteiger partial charge in [0.15, 0.2) is 5.69 Å². The lowest BCUT2D eigenvalue weighted by atomic mass is 10.2. The van der Waals surface area contributed by atoms with Crippen molar-refractivity contribution in [3.8, 4) is 11.5 Å². The number of anilines is 3. The van der Waals surface area contributed by atoms with Crippen molar-refractivity contribution >= 4 is 17.5 Å². The highest BCUT2D eigenvalue weighted by atomic mass is 19.4. The highest BCUT2D eigenvalue weighted by molar-refractivity contribution is 5.62. The zero-order chi connectivity index (χ0) is 19.3. The Morgan fingerprint density at radius 3 is 2.15 bits per heavy atom. The van der Waals surface area contributed by atoms with Crippen LogP contribution in [0.15, 0.2) is 24.3 Å². The van der Waals surface area contributed by atoms with Crippen molar-refractivity contribution < 1.29 is 22.6 Å². The summed E-state index contributed by atoms with van der Waals surface area (Å²) in [4.78, 5) is 7.69. The summed E-state index contributed by atoms with van der Waals surface area (Å²) in [5, 5.41) is 5.71. The number of nitrogens with one attached hydrogen (secondary N) is 2. The normalized spacial score (nSPS) is 12.4. The summed E-state index contributed by atoms with van der Waals surface area (Å²) in [6.45, 7) is 3.75. The van der Waals surface area contributed by atoms with Gasteiger partial charge in [0, 0.05) is 36.0 Å². The summed E-state index contributed by atoms with van der Waals surface area (Å²) in [6, 6.07) is 5.69. The first kappa shape index (κ1) is 19.6. The molecular formula is C17H21F3N4O2. The first-order valence-electron chi connectivity index (χ1n) is 7.98. The van der Waals surface area contributed by atoms with E-state index in [1.165, 1.54) is 14.2 Å². The summed E-state index contributed by atoms with van der Waals surface area (Å²) in [6.07, 6.45) is -3.87. The molecule has 0 unspecified atom stereocenters. The second kappa shape index (κ2) is 8.11. The number of rotatable bonds is 7. The molecule has 0 saturated carbocycles. The predicted octanol–water partition coefficient (Wildman–Crippen LogP) is 4.47. The van der Waals surface area contributed by atoms with E-state index in [1.54, 1.807) is 18.2 Å². The van der Waals surface area contributed by atoms with Gasteiger partial charge in [-0.15, -0.1) is 0 Å². The number of aromatic nitrogens is 2. The third kappa shape index (κ3) is 5.14. The quantitative estimate of drug-likeness (QED) is 0.750. The maximum absolute atomic E-state index is 13.2. The Morgan fingerprint density at radius 1 is 1.04 bits per heavy atom. The fourth-order valence-electron chi connectivity index (χ4n) is 2.07. The molecule has 0 saturated heterocycles. The van der Waals surface area contributed by atoms with Crippen molar-refractivity contribution in [3.63, 3.8) is 0 Å². The van der Waals surface area contributed by atoms with Crippen LogP contribution in [0.1, 0.15) is 26.0 Å². The Morgan fingerprint density at radius 2 is 1.65 bits per heavy atom. The Bertz CT molecular complexity index is 731. The molecule has 0 fully saturated rings. The summed E-state index contributed by atoms with van der Waals surface area (Å²) in [5.74, 6) is 0.907. The fraction of sp³-hybridized carbons (Fsp3) is 0.412. The molecule has 2 N–H and O–H groups in total. The van der Waals surface area contributed by atoms with Gasteiger partial charge in [0.1, 0.15) is 17.3 Å². The predicted molar refractivity (Wildman–Crippen MR) is 93.2 cm³/mol. The van der Waals surface area contributed by atoms with Crippen LogP contribution in [0.3, 0.4) is 0 Å². The van der Waals surface area contributed by atoms with E-state index in [-0.39, 0.29) is 17.8 Å². The number of hydrogen-bond acceptors (Lipinski definition) is 6. The summed E-state index contributed by atoms with van der Waals surface area (Å²) < 4.78 is 49.8. The molecule has 26 heavy (non-hydrogen) atoms. The smallest absolute Gasteiger partial charge is 0.433 e. The zero-order valence-corrected chi connectivity index (χ0v) is 14.9. The standard InChI is InChI=1S/C17H21F3N4O2/c1-5-10(2)21-16-23-14(17(18,19)20)9-15(24-16)22-11-6-12(25-3)8-13(7-11)26-4/h6-10H,5H2,1-4H3,(H2,21,22,23,24)/t10-/m0/s1. The van der Waals surface area contributed by atoms with Crippen molar-refractivity contribution in [2.24, 2.45) is 0 Å². The molecule has 1 heterocycles. The van der Waals surface area contributed by atoms with E-state index in [0.29, 0.717) is 17.2 Å². The van der Waals surface area contributed by atoms with Crippen LogP contribution in [0.2, 0.25) is 0 Å². The summed E-state index contributed by atoms with van der Waals surface area (Å²) >= 11 is 0. The minimum atomic E-state index is -4.59. The van der Waals surface area contributed by atoms with E-state index in [4.69, 9.17) is 9.47 Å². The van der Waals surface area contributed by atoms with E-state index in [1.807, 2.05) is 13.8 Å². The maximum atomic E-state index is 13.2. The topological polar surface area (TPSA) is 68.3 Å². The minimum absolute atomic E-state index is 0.00781. The van der Waals surface area contributed by atoms with Gasteiger partial charge < -0.3 is 20.1 Å². The van der Waals surface area contributed by atoms with Crippen LogP contribution < -0.4 is 20.1 Å². The monoisotopic (exact) mass is 370 g/mol. The Kier molecular flexibility index (Phi) is 6.12. The molecule has 0 radical (unpaired) electrons. The van der Waals surface area contributed by atoms with Crippen LogP contribution in [0.25, 0.3) is 0 Å². The van der Waals surface area contributed by atoms with E-state index >= 15 is 0 Å². The van der Waals surface area contributed by atoms with Gasteiger partial charge in [-0.3, -0.25) is 0 Å². The average Bonchev–Trinajstić information content (AvgIpc) is 2.60. The number of ether oxygens (including phenoxy) is 2. The summed E-state index contributed by atoms with van der Waals surface area (Å²) in [7, 11) is 2.97. The largest absolute Gasteiger partial charge is 0.497 e. The molecule has 9 heteroatoms. The van der Waals surface area contributed by atoms with Crippen molar-refractivity contribution in [2.45, 2.75) is 32.5 Å². The second-order valence-electron chi connectivity index (χ2n) is 5.64. The van der Waals surface area contributed by atoms with E-state index in [9.17, 15) is 13.2 Å². The van der Waals surface area contributed by atoms with Gasteiger partial charge in [-0.05, 0) is 13.3 Å². The molecule has 0 aliphatic rings. The first-order chi connectivity index (χ1) is 12.2. The van der Waals surface area contributed by atoms with E-state index in [2.05, 4.69) is 20.6 Å². The molecular weight excluding hydrogens is 349 g/mol. The second-order valence-corrected chi connectivity index (χ2v) is 5.64. The van der Waals surface area contributed by atoms with Gasteiger partial charge in [0.25, 0.3) is 0 Å². The van der Waals surface area contributed by atoms with Gasteiger partial charge >= 0.3 is 6.18 Å². The molecule has 0 spiro atoms. The molecule has 0 aliphatic carbocycles. The zero-order valence-electron chi connectivity index (χ0n) is 14.9. The van der Waals surface area contributed by atoms with Crippen LogP contribution in [-0.4, -0.2) is 30.2 Å². The van der Waals surface area contributed by atoms with Gasteiger partial charge in [-0.1, -0.05) is 6.92 Å². The Labute approximate surface area is 149 Å². The first-order valence-corrected chi connectivity index (χ1v) is 7.98. The maximum Gasteiger partial charge on any atom is 0.433 e. The Balaban J connectivity index is 2.40.